The Hall–Kier alpha value is -1.88. The maximum atomic E-state index is 12.4. The van der Waals surface area contributed by atoms with Crippen molar-refractivity contribution in [3.63, 3.8) is 0 Å². The maximum Gasteiger partial charge on any atom is 0.222 e. The number of carbonyl (C=O) groups is 2. The molecule has 0 bridgehead atoms. The van der Waals surface area contributed by atoms with Gasteiger partial charge in [-0.1, -0.05) is 30.3 Å². The molecule has 25 heavy (non-hydrogen) atoms. The molecule has 0 unspecified atom stereocenters. The molecule has 1 spiro atoms. The summed E-state index contributed by atoms with van der Waals surface area (Å²) in [7, 11) is 0. The van der Waals surface area contributed by atoms with Crippen molar-refractivity contribution in [2.24, 2.45) is 11.1 Å². The molecule has 2 aliphatic rings. The van der Waals surface area contributed by atoms with Crippen LogP contribution in [0.5, 0.6) is 0 Å². The minimum absolute atomic E-state index is 0.216. The number of nitrogens with zero attached hydrogens (tertiary/aromatic N) is 2. The van der Waals surface area contributed by atoms with Crippen LogP contribution in [0.2, 0.25) is 0 Å². The zero-order valence-corrected chi connectivity index (χ0v) is 15.0. The molecule has 0 aliphatic carbocycles. The SMILES string of the molecule is NC(=O)CCCN1CCC[C@]2(CCC(=O)N(Cc3ccccc3)C2)C1. The monoisotopic (exact) mass is 343 g/mol. The van der Waals surface area contributed by atoms with Crippen molar-refractivity contribution in [2.45, 2.75) is 45.1 Å². The van der Waals surface area contributed by atoms with Crippen LogP contribution >= 0.6 is 0 Å². The number of piperidine rings is 2. The van der Waals surface area contributed by atoms with Crippen molar-refractivity contribution in [1.29, 1.82) is 0 Å². The Kier molecular flexibility index (Phi) is 5.74. The smallest absolute Gasteiger partial charge is 0.222 e. The Morgan fingerprint density at radius 3 is 2.72 bits per heavy atom. The van der Waals surface area contributed by atoms with Gasteiger partial charge in [0.1, 0.15) is 0 Å². The molecule has 1 aromatic carbocycles. The van der Waals surface area contributed by atoms with Gasteiger partial charge in [-0.2, -0.15) is 0 Å². The van der Waals surface area contributed by atoms with E-state index in [9.17, 15) is 9.59 Å². The second kappa shape index (κ2) is 8.00. The van der Waals surface area contributed by atoms with Gasteiger partial charge in [0.2, 0.25) is 11.8 Å². The zero-order chi connectivity index (χ0) is 17.7. The van der Waals surface area contributed by atoms with Crippen molar-refractivity contribution < 1.29 is 9.59 Å². The van der Waals surface area contributed by atoms with Gasteiger partial charge in [-0.15, -0.1) is 0 Å². The van der Waals surface area contributed by atoms with Crippen molar-refractivity contribution in [3.8, 4) is 0 Å². The first-order valence-corrected chi connectivity index (χ1v) is 9.39. The third-order valence-corrected chi connectivity index (χ3v) is 5.60. The van der Waals surface area contributed by atoms with Crippen molar-refractivity contribution in [3.05, 3.63) is 35.9 Å². The highest BCUT2D eigenvalue weighted by Gasteiger charge is 2.41. The van der Waals surface area contributed by atoms with Crippen LogP contribution in [-0.4, -0.2) is 47.8 Å². The molecule has 5 heteroatoms. The maximum absolute atomic E-state index is 12.4. The number of rotatable bonds is 6. The quantitative estimate of drug-likeness (QED) is 0.861. The van der Waals surface area contributed by atoms with Gasteiger partial charge in [-0.25, -0.2) is 0 Å². The first-order valence-electron chi connectivity index (χ1n) is 9.39. The summed E-state index contributed by atoms with van der Waals surface area (Å²) in [5.41, 5.74) is 6.66. The summed E-state index contributed by atoms with van der Waals surface area (Å²) >= 11 is 0. The predicted octanol–water partition coefficient (Wildman–Crippen LogP) is 2.16. The van der Waals surface area contributed by atoms with Crippen LogP contribution in [0.4, 0.5) is 0 Å². The van der Waals surface area contributed by atoms with Crippen molar-refractivity contribution >= 4 is 11.8 Å². The number of amides is 2. The van der Waals surface area contributed by atoms with Gasteiger partial charge in [0.25, 0.3) is 0 Å². The highest BCUT2D eigenvalue weighted by atomic mass is 16.2. The number of nitrogens with two attached hydrogens (primary N) is 1. The van der Waals surface area contributed by atoms with Gasteiger partial charge in [-0.05, 0) is 44.3 Å². The lowest BCUT2D eigenvalue weighted by Gasteiger charge is -2.48. The number of hydrogen-bond acceptors (Lipinski definition) is 3. The third-order valence-electron chi connectivity index (χ3n) is 5.60. The van der Waals surface area contributed by atoms with E-state index in [1.54, 1.807) is 0 Å². The Bertz CT molecular complexity index is 604. The van der Waals surface area contributed by atoms with E-state index in [1.807, 2.05) is 23.1 Å². The average molecular weight is 343 g/mol. The van der Waals surface area contributed by atoms with E-state index in [0.717, 1.165) is 39.0 Å². The molecule has 5 nitrogen and oxygen atoms in total. The van der Waals surface area contributed by atoms with Gasteiger partial charge in [-0.3, -0.25) is 9.59 Å². The fraction of sp³-hybridized carbons (Fsp3) is 0.600. The molecule has 2 saturated heterocycles. The fourth-order valence-corrected chi connectivity index (χ4v) is 4.36. The van der Waals surface area contributed by atoms with Crippen LogP contribution in [0, 0.1) is 5.41 Å². The first kappa shape index (κ1) is 17.9. The highest BCUT2D eigenvalue weighted by Crippen LogP contribution is 2.39. The summed E-state index contributed by atoms with van der Waals surface area (Å²) in [4.78, 5) is 27.9. The highest BCUT2D eigenvalue weighted by molar-refractivity contribution is 5.77. The van der Waals surface area contributed by atoms with E-state index in [4.69, 9.17) is 5.73 Å². The molecule has 2 N–H and O–H groups in total. The molecule has 2 heterocycles. The number of benzene rings is 1. The standard InChI is InChI=1S/C20H29N3O2/c21-18(24)8-4-12-22-13-5-10-20(15-22)11-9-19(25)23(16-20)14-17-6-2-1-3-7-17/h1-3,6-7H,4-5,8-16H2,(H2,21,24)/t20-/m0/s1. The third kappa shape index (κ3) is 4.82. The Labute approximate surface area is 150 Å². The molecule has 0 aromatic heterocycles. The average Bonchev–Trinajstić information content (AvgIpc) is 2.59. The fourth-order valence-electron chi connectivity index (χ4n) is 4.36. The molecular weight excluding hydrogens is 314 g/mol. The normalized spacial score (nSPS) is 24.6. The van der Waals surface area contributed by atoms with E-state index in [-0.39, 0.29) is 17.2 Å². The van der Waals surface area contributed by atoms with Crippen LogP contribution in [0.3, 0.4) is 0 Å². The topological polar surface area (TPSA) is 66.6 Å². The van der Waals surface area contributed by atoms with Crippen LogP contribution < -0.4 is 5.73 Å². The molecular formula is C20H29N3O2. The lowest BCUT2D eigenvalue weighted by molar-refractivity contribution is -0.140. The summed E-state index contributed by atoms with van der Waals surface area (Å²) in [5.74, 6) is 0.0596. The van der Waals surface area contributed by atoms with Gasteiger partial charge in [0.05, 0.1) is 0 Å². The van der Waals surface area contributed by atoms with Crippen LogP contribution in [-0.2, 0) is 16.1 Å². The van der Waals surface area contributed by atoms with Gasteiger partial charge in [0, 0.05) is 37.9 Å². The van der Waals surface area contributed by atoms with Gasteiger partial charge < -0.3 is 15.5 Å². The summed E-state index contributed by atoms with van der Waals surface area (Å²) < 4.78 is 0. The number of carbonyl (C=O) groups excluding carboxylic acids is 2. The van der Waals surface area contributed by atoms with E-state index in [0.29, 0.717) is 19.4 Å². The molecule has 0 saturated carbocycles. The molecule has 2 aliphatic heterocycles. The zero-order valence-electron chi connectivity index (χ0n) is 15.0. The Morgan fingerprint density at radius 1 is 1.16 bits per heavy atom. The summed E-state index contributed by atoms with van der Waals surface area (Å²) in [6, 6.07) is 10.2. The first-order chi connectivity index (χ1) is 12.1. The lowest BCUT2D eigenvalue weighted by atomic mass is 9.73. The lowest BCUT2D eigenvalue weighted by Crippen LogP contribution is -2.53. The van der Waals surface area contributed by atoms with Crippen molar-refractivity contribution in [2.75, 3.05) is 26.2 Å². The minimum Gasteiger partial charge on any atom is -0.370 e. The second-order valence-corrected chi connectivity index (χ2v) is 7.68. The Morgan fingerprint density at radius 2 is 1.96 bits per heavy atom. The summed E-state index contributed by atoms with van der Waals surface area (Å²) in [5, 5.41) is 0. The predicted molar refractivity (Wildman–Crippen MR) is 97.6 cm³/mol. The number of hydrogen-bond donors (Lipinski definition) is 1. The van der Waals surface area contributed by atoms with Gasteiger partial charge in [0.15, 0.2) is 0 Å². The largest absolute Gasteiger partial charge is 0.370 e. The van der Waals surface area contributed by atoms with Gasteiger partial charge >= 0.3 is 0 Å². The van der Waals surface area contributed by atoms with Crippen LogP contribution in [0.15, 0.2) is 30.3 Å². The summed E-state index contributed by atoms with van der Waals surface area (Å²) in [6.07, 6.45) is 5.30. The van der Waals surface area contributed by atoms with Crippen LogP contribution in [0.1, 0.15) is 44.1 Å². The minimum atomic E-state index is -0.218. The molecule has 2 amide bonds. The summed E-state index contributed by atoms with van der Waals surface area (Å²) in [6.45, 7) is 4.62. The van der Waals surface area contributed by atoms with Crippen LogP contribution in [0.25, 0.3) is 0 Å². The van der Waals surface area contributed by atoms with Crippen molar-refractivity contribution in [1.82, 2.24) is 9.80 Å². The van der Waals surface area contributed by atoms with E-state index in [1.165, 1.54) is 18.4 Å². The Balaban J connectivity index is 1.60. The van der Waals surface area contributed by atoms with E-state index >= 15 is 0 Å². The molecule has 2 fully saturated rings. The molecule has 1 atom stereocenters. The van der Waals surface area contributed by atoms with E-state index < -0.39 is 0 Å². The number of primary amides is 1. The molecule has 3 rings (SSSR count). The number of likely N-dealkylation sites (tertiary alicyclic amines) is 2. The molecule has 136 valence electrons. The molecule has 0 radical (unpaired) electrons. The van der Waals surface area contributed by atoms with E-state index in [2.05, 4.69) is 17.0 Å². The second-order valence-electron chi connectivity index (χ2n) is 7.68. The molecule has 1 aromatic rings.